The number of aliphatic carboxylic acids is 2. The van der Waals surface area contributed by atoms with Crippen molar-refractivity contribution in [2.24, 2.45) is 0 Å². The summed E-state index contributed by atoms with van der Waals surface area (Å²) < 4.78 is 0. The van der Waals surface area contributed by atoms with Crippen LogP contribution in [0.3, 0.4) is 0 Å². The minimum Gasteiger partial charge on any atom is -0.838 e. The molecule has 0 bridgehead atoms. The van der Waals surface area contributed by atoms with E-state index in [4.69, 9.17) is 0 Å². The Hall–Kier alpha value is -7.18. The Morgan fingerprint density at radius 1 is 0.414 bits per heavy atom. The van der Waals surface area contributed by atoms with Gasteiger partial charge in [-0.15, -0.1) is 0 Å². The molecule has 2 aliphatic rings. The quantitative estimate of drug-likeness (QED) is 0.175. The van der Waals surface area contributed by atoms with Crippen molar-refractivity contribution < 1.29 is 95.6 Å². The van der Waals surface area contributed by atoms with E-state index >= 15 is 0 Å². The molecule has 0 unspecified atom stereocenters. The number of hydrogen-bond acceptors (Lipinski definition) is 10. The molecule has 2 amide bonds. The van der Waals surface area contributed by atoms with Gasteiger partial charge in [0, 0.05) is 63.3 Å². The fraction of sp³-hybridized carbons (Fsp3) is 0.115. The maximum atomic E-state index is 12.6. The Bertz CT molecular complexity index is 2470. The first-order valence-electron chi connectivity index (χ1n) is 19.8. The van der Waals surface area contributed by atoms with Crippen molar-refractivity contribution in [2.45, 2.75) is 11.2 Å². The number of carbonyl (C=O) groups excluding carboxylic acids is 4. The van der Waals surface area contributed by atoms with Crippen LogP contribution in [0.2, 0.25) is 0 Å². The Labute approximate surface area is 426 Å². The summed E-state index contributed by atoms with van der Waals surface area (Å²) in [6.07, 6.45) is 5.12. The molecule has 18 heteroatoms. The van der Waals surface area contributed by atoms with Crippen LogP contribution in [-0.4, -0.2) is 94.6 Å². The van der Waals surface area contributed by atoms with Gasteiger partial charge in [-0.2, -0.15) is 0 Å². The standard InChI is InChI=1S/2C14H9O3.2C9H7N.2C3H7NO.2Cu.4H2O/c2*15-13(16)14(17)11-7-3-1-5-9(11)10-6-2-4-8-12(10)14;2*1-2-6-9-8(4-1)5-3-7-10-9;2*1-4(2)3-5;;;;;;/h2*1-8H,(H,15,16);2*1-7H;2*3H,1-2H3;;;4*1H2/q2*-1;;;;;2*+2;;;;/p-2. The van der Waals surface area contributed by atoms with Gasteiger partial charge in [-0.1, -0.05) is 146 Å². The molecular weight excluding hydrogens is 1000 g/mol. The smallest absolute Gasteiger partial charge is 0.838 e. The number of carboxylic acid groups (broad SMARTS) is 2. The molecule has 374 valence electrons. The molecule has 10 rings (SSSR count). The molecule has 0 aliphatic heterocycles. The van der Waals surface area contributed by atoms with Gasteiger partial charge in [-0.3, -0.25) is 19.6 Å². The van der Waals surface area contributed by atoms with E-state index in [0.29, 0.717) is 22.3 Å². The second-order valence-electron chi connectivity index (χ2n) is 14.6. The van der Waals surface area contributed by atoms with Crippen LogP contribution in [0.4, 0.5) is 0 Å². The molecule has 2 heterocycles. The molecule has 8 aromatic rings. The second kappa shape index (κ2) is 30.3. The predicted molar refractivity (Wildman–Crippen MR) is 253 cm³/mol. The fourth-order valence-corrected chi connectivity index (χ4v) is 6.86. The molecule has 70 heavy (non-hydrogen) atoms. The number of amides is 2. The van der Waals surface area contributed by atoms with Gasteiger partial charge in [0.05, 0.1) is 11.0 Å². The molecule has 8 N–H and O–H groups in total. The summed E-state index contributed by atoms with van der Waals surface area (Å²) in [4.78, 5) is 52.6. The molecule has 0 saturated carbocycles. The van der Waals surface area contributed by atoms with Gasteiger partial charge in [0.1, 0.15) is 0 Å². The van der Waals surface area contributed by atoms with Crippen LogP contribution in [0, 0.1) is 0 Å². The Morgan fingerprint density at radius 3 is 0.857 bits per heavy atom. The largest absolute Gasteiger partial charge is 2.00 e. The first-order valence-corrected chi connectivity index (χ1v) is 19.8. The van der Waals surface area contributed by atoms with Gasteiger partial charge < -0.3 is 61.7 Å². The summed E-state index contributed by atoms with van der Waals surface area (Å²) in [5, 5.41) is 50.0. The topological polar surface area (TPSA) is 319 Å². The van der Waals surface area contributed by atoms with Crippen LogP contribution < -0.4 is 20.4 Å². The molecule has 6 aromatic carbocycles. The van der Waals surface area contributed by atoms with E-state index < -0.39 is 23.1 Å². The Balaban J connectivity index is 0. The SMILES string of the molecule is CN(C)C=O.CN(C)C=O.O.O.O.O.O=C([O-])C1([O-])c2ccccc2-c2ccccc21.O=C([O-])C1([O-])c2ccccc2-c2ccccc21.[Cu+2].[Cu+2].c1ccc2ncccc2c1.c1ccc2ncccc2c1. The summed E-state index contributed by atoms with van der Waals surface area (Å²) in [5.41, 5.74) is 1.34. The average Bonchev–Trinajstić information content (AvgIpc) is 3.76. The summed E-state index contributed by atoms with van der Waals surface area (Å²) in [5.74, 6) is -3.20. The van der Waals surface area contributed by atoms with Crippen LogP contribution in [0.15, 0.2) is 182 Å². The summed E-state index contributed by atoms with van der Waals surface area (Å²) >= 11 is 0. The second-order valence-corrected chi connectivity index (χ2v) is 14.6. The van der Waals surface area contributed by atoms with Crippen molar-refractivity contribution in [3.8, 4) is 22.3 Å². The number of fused-ring (bicyclic) bond motifs is 8. The molecule has 2 radical (unpaired) electrons. The number of carbonyl (C=O) groups is 4. The van der Waals surface area contributed by atoms with E-state index in [-0.39, 0.29) is 78.3 Å². The molecule has 16 nitrogen and oxygen atoms in total. The molecule has 2 aliphatic carbocycles. The minimum atomic E-state index is -2.28. The molecule has 0 saturated heterocycles. The molecule has 0 atom stereocenters. The van der Waals surface area contributed by atoms with E-state index in [1.165, 1.54) is 20.6 Å². The number of nitrogens with zero attached hydrogens (tertiary/aromatic N) is 4. The third kappa shape index (κ3) is 14.9. The number of hydrogen-bond donors (Lipinski definition) is 0. The summed E-state index contributed by atoms with van der Waals surface area (Å²) in [6.45, 7) is 0. The van der Waals surface area contributed by atoms with Crippen molar-refractivity contribution >= 4 is 46.6 Å². The zero-order valence-electron chi connectivity index (χ0n) is 38.1. The fourth-order valence-electron chi connectivity index (χ4n) is 6.86. The van der Waals surface area contributed by atoms with Crippen LogP contribution in [-0.2, 0) is 64.5 Å². The number of benzene rings is 6. The number of carboxylic acids is 2. The molecule has 0 fully saturated rings. The first kappa shape index (κ1) is 64.9. The van der Waals surface area contributed by atoms with Crippen molar-refractivity contribution in [3.63, 3.8) is 0 Å². The Morgan fingerprint density at radius 2 is 0.629 bits per heavy atom. The molecular formula is C52H52Cu2N4O12. The third-order valence-electron chi connectivity index (χ3n) is 9.83. The van der Waals surface area contributed by atoms with E-state index in [1.807, 2.05) is 60.9 Å². The van der Waals surface area contributed by atoms with E-state index in [1.54, 1.807) is 125 Å². The average molecular weight is 1050 g/mol. The normalized spacial score (nSPS) is 11.2. The van der Waals surface area contributed by atoms with Gasteiger partial charge in [-0.05, 0) is 80.0 Å². The van der Waals surface area contributed by atoms with Gasteiger partial charge in [-0.25, -0.2) is 0 Å². The maximum absolute atomic E-state index is 12.6. The van der Waals surface area contributed by atoms with Crippen molar-refractivity contribution in [1.82, 2.24) is 19.8 Å². The van der Waals surface area contributed by atoms with Crippen molar-refractivity contribution in [1.29, 1.82) is 0 Å². The minimum absolute atomic E-state index is 0. The van der Waals surface area contributed by atoms with Crippen molar-refractivity contribution in [2.75, 3.05) is 28.2 Å². The zero-order valence-corrected chi connectivity index (χ0v) is 40.0. The molecule has 0 spiro atoms. The maximum Gasteiger partial charge on any atom is 2.00 e. The van der Waals surface area contributed by atoms with Crippen LogP contribution in [0.25, 0.3) is 44.1 Å². The van der Waals surface area contributed by atoms with E-state index in [2.05, 4.69) is 34.2 Å². The third-order valence-corrected chi connectivity index (χ3v) is 9.83. The Kier molecular flexibility index (Phi) is 28.1. The van der Waals surface area contributed by atoms with Gasteiger partial charge in [0.15, 0.2) is 0 Å². The zero-order chi connectivity index (χ0) is 46.3. The van der Waals surface area contributed by atoms with Gasteiger partial charge >= 0.3 is 34.1 Å². The molecule has 2 aromatic heterocycles. The number of pyridine rings is 2. The first-order chi connectivity index (χ1) is 30.8. The number of aromatic nitrogens is 2. The van der Waals surface area contributed by atoms with Crippen LogP contribution in [0.1, 0.15) is 22.3 Å². The monoisotopic (exact) mass is 1050 g/mol. The predicted octanol–water partition coefficient (Wildman–Crippen LogP) is 0.616. The van der Waals surface area contributed by atoms with Crippen molar-refractivity contribution in [3.05, 3.63) is 205 Å². The number of para-hydroxylation sites is 2. The summed E-state index contributed by atoms with van der Waals surface area (Å²) in [6, 6.07) is 51.2. The van der Waals surface area contributed by atoms with Gasteiger partial charge in [0.2, 0.25) is 12.8 Å². The van der Waals surface area contributed by atoms with E-state index in [9.17, 15) is 39.6 Å². The van der Waals surface area contributed by atoms with Gasteiger partial charge in [0.25, 0.3) is 0 Å². The van der Waals surface area contributed by atoms with Crippen LogP contribution in [0.5, 0.6) is 0 Å². The van der Waals surface area contributed by atoms with Crippen LogP contribution >= 0.6 is 0 Å². The summed E-state index contributed by atoms with van der Waals surface area (Å²) in [7, 11) is 6.75. The number of rotatable bonds is 4. The van der Waals surface area contributed by atoms with E-state index in [0.717, 1.165) is 23.9 Å².